The fourth-order valence-electron chi connectivity index (χ4n) is 0.828. The van der Waals surface area contributed by atoms with Crippen molar-refractivity contribution in [1.29, 1.82) is 0 Å². The van der Waals surface area contributed by atoms with Crippen molar-refractivity contribution >= 4 is 7.82 Å². The molecule has 0 amide bonds. The van der Waals surface area contributed by atoms with E-state index in [-0.39, 0.29) is 6.61 Å². The normalized spacial score (nSPS) is 18.5. The van der Waals surface area contributed by atoms with Crippen LogP contribution in [0.2, 0.25) is 0 Å². The van der Waals surface area contributed by atoms with Crippen LogP contribution in [-0.2, 0) is 13.6 Å². The molecule has 8 heteroatoms. The SMILES string of the molecule is CCCOP(=O)(O)OC(C)CC(F)(F)F. The van der Waals surface area contributed by atoms with Crippen LogP contribution in [0.1, 0.15) is 26.7 Å². The maximum atomic E-state index is 11.8. The summed E-state index contributed by atoms with van der Waals surface area (Å²) in [6.07, 6.45) is -6.64. The highest BCUT2D eigenvalue weighted by atomic mass is 31.2. The van der Waals surface area contributed by atoms with Gasteiger partial charge < -0.3 is 4.89 Å². The zero-order valence-corrected chi connectivity index (χ0v) is 9.35. The first kappa shape index (κ1) is 14.9. The van der Waals surface area contributed by atoms with Gasteiger partial charge in [0.15, 0.2) is 0 Å². The lowest BCUT2D eigenvalue weighted by atomic mass is 10.3. The molecular weight excluding hydrogens is 236 g/mol. The molecule has 0 aliphatic heterocycles. The predicted molar refractivity (Wildman–Crippen MR) is 47.3 cm³/mol. The molecule has 92 valence electrons. The van der Waals surface area contributed by atoms with Gasteiger partial charge in [0, 0.05) is 0 Å². The number of rotatable bonds is 6. The van der Waals surface area contributed by atoms with E-state index in [1.54, 1.807) is 6.92 Å². The Kier molecular flexibility index (Phi) is 5.80. The summed E-state index contributed by atoms with van der Waals surface area (Å²) >= 11 is 0. The van der Waals surface area contributed by atoms with Crippen LogP contribution in [0.25, 0.3) is 0 Å². The lowest BCUT2D eigenvalue weighted by Gasteiger charge is -2.18. The second-order valence-electron chi connectivity index (χ2n) is 3.04. The lowest BCUT2D eigenvalue weighted by Crippen LogP contribution is -2.19. The van der Waals surface area contributed by atoms with E-state index in [1.807, 2.05) is 0 Å². The fraction of sp³-hybridized carbons (Fsp3) is 1.00. The Morgan fingerprint density at radius 1 is 1.47 bits per heavy atom. The maximum Gasteiger partial charge on any atom is 0.472 e. The van der Waals surface area contributed by atoms with Gasteiger partial charge in [-0.3, -0.25) is 9.05 Å². The van der Waals surface area contributed by atoms with Crippen LogP contribution < -0.4 is 0 Å². The van der Waals surface area contributed by atoms with Crippen LogP contribution in [-0.4, -0.2) is 23.8 Å². The summed E-state index contributed by atoms with van der Waals surface area (Å²) in [5, 5.41) is 0. The first-order valence-corrected chi connectivity index (χ1v) is 5.88. The van der Waals surface area contributed by atoms with E-state index >= 15 is 0 Å². The number of alkyl halides is 3. The van der Waals surface area contributed by atoms with E-state index in [4.69, 9.17) is 4.89 Å². The third kappa shape index (κ3) is 8.87. The molecule has 2 unspecified atom stereocenters. The molecule has 0 radical (unpaired) electrons. The standard InChI is InChI=1S/C7H14F3O4P/c1-3-4-13-15(11,12)14-6(2)5-7(8,9)10/h6H,3-5H2,1-2H3,(H,11,12). The Labute approximate surface area is 86.0 Å². The van der Waals surface area contributed by atoms with E-state index in [2.05, 4.69) is 9.05 Å². The Morgan fingerprint density at radius 2 is 2.00 bits per heavy atom. The highest BCUT2D eigenvalue weighted by Gasteiger charge is 2.34. The number of hydrogen-bond acceptors (Lipinski definition) is 3. The summed E-state index contributed by atoms with van der Waals surface area (Å²) in [6, 6.07) is 0. The highest BCUT2D eigenvalue weighted by Crippen LogP contribution is 2.45. The van der Waals surface area contributed by atoms with Crippen molar-refractivity contribution in [1.82, 2.24) is 0 Å². The quantitative estimate of drug-likeness (QED) is 0.736. The second kappa shape index (κ2) is 5.84. The molecule has 0 aliphatic rings. The minimum absolute atomic E-state index is 0.0352. The first-order chi connectivity index (χ1) is 6.66. The smallest absolute Gasteiger partial charge is 0.302 e. The molecule has 2 atom stereocenters. The van der Waals surface area contributed by atoms with Crippen LogP contribution >= 0.6 is 7.82 Å². The largest absolute Gasteiger partial charge is 0.472 e. The van der Waals surface area contributed by atoms with Crippen molar-refractivity contribution in [3.8, 4) is 0 Å². The maximum absolute atomic E-state index is 11.8. The zero-order chi connectivity index (χ0) is 12.1. The summed E-state index contributed by atoms with van der Waals surface area (Å²) in [5.41, 5.74) is 0. The summed E-state index contributed by atoms with van der Waals surface area (Å²) in [6.45, 7) is 2.72. The molecule has 0 spiro atoms. The first-order valence-electron chi connectivity index (χ1n) is 4.39. The number of phosphoric ester groups is 1. The predicted octanol–water partition coefficient (Wildman–Crippen LogP) is 2.87. The van der Waals surface area contributed by atoms with Crippen LogP contribution in [0, 0.1) is 0 Å². The highest BCUT2D eigenvalue weighted by molar-refractivity contribution is 7.47. The van der Waals surface area contributed by atoms with Gasteiger partial charge in [-0.05, 0) is 13.3 Å². The van der Waals surface area contributed by atoms with Gasteiger partial charge in [0.25, 0.3) is 0 Å². The summed E-state index contributed by atoms with van der Waals surface area (Å²) in [7, 11) is -4.35. The van der Waals surface area contributed by atoms with Gasteiger partial charge in [0.05, 0.1) is 19.1 Å². The number of halogens is 3. The molecular formula is C7H14F3O4P. The molecule has 0 aromatic rings. The third-order valence-electron chi connectivity index (χ3n) is 1.29. The molecule has 0 aromatic heterocycles. The van der Waals surface area contributed by atoms with Crippen molar-refractivity contribution in [2.24, 2.45) is 0 Å². The van der Waals surface area contributed by atoms with E-state index in [9.17, 15) is 17.7 Å². The Morgan fingerprint density at radius 3 is 2.40 bits per heavy atom. The average molecular weight is 250 g/mol. The Hall–Kier alpha value is -0.100. The molecule has 0 fully saturated rings. The summed E-state index contributed by atoms with van der Waals surface area (Å²) < 4.78 is 55.2. The van der Waals surface area contributed by atoms with E-state index in [1.165, 1.54) is 0 Å². The monoisotopic (exact) mass is 250 g/mol. The Bertz CT molecular complexity index is 231. The molecule has 1 N–H and O–H groups in total. The van der Waals surface area contributed by atoms with Gasteiger partial charge in [-0.25, -0.2) is 4.57 Å². The van der Waals surface area contributed by atoms with Crippen LogP contribution in [0.15, 0.2) is 0 Å². The molecule has 0 saturated carbocycles. The van der Waals surface area contributed by atoms with Gasteiger partial charge in [-0.2, -0.15) is 13.2 Å². The van der Waals surface area contributed by atoms with Gasteiger partial charge in [0.2, 0.25) is 0 Å². The zero-order valence-electron chi connectivity index (χ0n) is 8.45. The minimum Gasteiger partial charge on any atom is -0.302 e. The average Bonchev–Trinajstić information content (AvgIpc) is 1.95. The van der Waals surface area contributed by atoms with Crippen LogP contribution in [0.3, 0.4) is 0 Å². The molecule has 0 aromatic carbocycles. The van der Waals surface area contributed by atoms with E-state index in [0.717, 1.165) is 6.92 Å². The summed E-state index contributed by atoms with van der Waals surface area (Å²) in [4.78, 5) is 8.96. The number of phosphoric acid groups is 1. The van der Waals surface area contributed by atoms with Crippen molar-refractivity contribution < 1.29 is 31.7 Å². The van der Waals surface area contributed by atoms with Crippen molar-refractivity contribution in [3.63, 3.8) is 0 Å². The summed E-state index contributed by atoms with van der Waals surface area (Å²) in [5.74, 6) is 0. The molecule has 4 nitrogen and oxygen atoms in total. The van der Waals surface area contributed by atoms with E-state index < -0.39 is 26.5 Å². The van der Waals surface area contributed by atoms with Crippen molar-refractivity contribution in [2.45, 2.75) is 39.0 Å². The van der Waals surface area contributed by atoms with Crippen LogP contribution in [0.5, 0.6) is 0 Å². The lowest BCUT2D eigenvalue weighted by molar-refractivity contribution is -0.150. The Balaban J connectivity index is 4.04. The molecule has 0 heterocycles. The number of hydrogen-bond donors (Lipinski definition) is 1. The second-order valence-corrected chi connectivity index (χ2v) is 4.44. The van der Waals surface area contributed by atoms with Gasteiger partial charge in [-0.15, -0.1) is 0 Å². The molecule has 15 heavy (non-hydrogen) atoms. The van der Waals surface area contributed by atoms with Gasteiger partial charge in [-0.1, -0.05) is 6.92 Å². The van der Waals surface area contributed by atoms with Crippen molar-refractivity contribution in [3.05, 3.63) is 0 Å². The molecule has 0 rings (SSSR count). The fourth-order valence-corrected chi connectivity index (χ4v) is 1.83. The molecule has 0 aliphatic carbocycles. The van der Waals surface area contributed by atoms with Crippen LogP contribution in [0.4, 0.5) is 13.2 Å². The molecule has 0 saturated heterocycles. The van der Waals surface area contributed by atoms with E-state index in [0.29, 0.717) is 6.42 Å². The van der Waals surface area contributed by atoms with Crippen molar-refractivity contribution in [2.75, 3.05) is 6.61 Å². The topological polar surface area (TPSA) is 55.8 Å². The molecule has 0 bridgehead atoms. The minimum atomic E-state index is -4.43. The van der Waals surface area contributed by atoms with Gasteiger partial charge in [0.1, 0.15) is 0 Å². The third-order valence-corrected chi connectivity index (χ3v) is 2.43. The van der Waals surface area contributed by atoms with Gasteiger partial charge >= 0.3 is 14.0 Å².